The molecule has 0 aromatic carbocycles. The van der Waals surface area contributed by atoms with E-state index in [9.17, 15) is 0 Å². The van der Waals surface area contributed by atoms with Gasteiger partial charge in [0.25, 0.3) is 0 Å². The third-order valence-corrected chi connectivity index (χ3v) is 2.55. The van der Waals surface area contributed by atoms with Crippen LogP contribution in [0.4, 0.5) is 0 Å². The molecule has 0 aliphatic carbocycles. The zero-order chi connectivity index (χ0) is 8.04. The minimum Gasteiger partial charge on any atom is -0.0916 e. The van der Waals surface area contributed by atoms with Gasteiger partial charge in [-0.2, -0.15) is 0 Å². The summed E-state index contributed by atoms with van der Waals surface area (Å²) in [6.45, 7) is 8.98. The Morgan fingerprint density at radius 1 is 1.20 bits per heavy atom. The number of rotatable bonds is 4. The van der Waals surface area contributed by atoms with E-state index in [2.05, 4.69) is 39.8 Å². The van der Waals surface area contributed by atoms with Crippen molar-refractivity contribution in [2.45, 2.75) is 47.0 Å². The van der Waals surface area contributed by atoms with Crippen LogP contribution in [0.3, 0.4) is 0 Å². The second kappa shape index (κ2) is 4.54. The fraction of sp³-hybridized carbons (Fsp3) is 0.800. The lowest BCUT2D eigenvalue weighted by atomic mass is 9.81. The lowest BCUT2D eigenvalue weighted by Gasteiger charge is -2.24. The molecular formula is C10H20. The van der Waals surface area contributed by atoms with Crippen LogP contribution in [0.1, 0.15) is 47.0 Å². The molecule has 0 saturated heterocycles. The number of hydrogen-bond donors (Lipinski definition) is 0. The molecule has 0 heterocycles. The molecule has 0 heteroatoms. The molecule has 0 fully saturated rings. The highest BCUT2D eigenvalue weighted by Gasteiger charge is 2.16. The van der Waals surface area contributed by atoms with E-state index in [1.165, 1.54) is 19.3 Å². The Balaban J connectivity index is 3.80. The molecule has 10 heavy (non-hydrogen) atoms. The van der Waals surface area contributed by atoms with Gasteiger partial charge in [-0.1, -0.05) is 45.8 Å². The summed E-state index contributed by atoms with van der Waals surface area (Å²) in [6.07, 6.45) is 8.22. The number of hydrogen-bond acceptors (Lipinski definition) is 0. The normalized spacial score (nSPS) is 12.8. The third kappa shape index (κ3) is 3.05. The molecule has 0 unspecified atom stereocenters. The summed E-state index contributed by atoms with van der Waals surface area (Å²) < 4.78 is 0. The first kappa shape index (κ1) is 9.74. The zero-order valence-corrected chi connectivity index (χ0v) is 7.78. The Bertz CT molecular complexity index is 96.6. The van der Waals surface area contributed by atoms with E-state index in [0.717, 1.165) is 0 Å². The molecule has 0 saturated carbocycles. The SMILES string of the molecule is CC=CCC(C)(CC)CC. The molecule has 0 amide bonds. The molecule has 0 radical (unpaired) electrons. The van der Waals surface area contributed by atoms with E-state index in [1.54, 1.807) is 0 Å². The van der Waals surface area contributed by atoms with E-state index in [0.29, 0.717) is 5.41 Å². The quantitative estimate of drug-likeness (QED) is 0.521. The molecule has 0 nitrogen and oxygen atoms in total. The molecule has 60 valence electrons. The Hall–Kier alpha value is -0.260. The van der Waals surface area contributed by atoms with Gasteiger partial charge in [-0.15, -0.1) is 0 Å². The van der Waals surface area contributed by atoms with Crippen LogP contribution in [0.2, 0.25) is 0 Å². The zero-order valence-electron chi connectivity index (χ0n) is 7.78. The molecular weight excluding hydrogens is 120 g/mol. The summed E-state index contributed by atoms with van der Waals surface area (Å²) >= 11 is 0. The van der Waals surface area contributed by atoms with Crippen LogP contribution >= 0.6 is 0 Å². The summed E-state index contributed by atoms with van der Waals surface area (Å²) in [7, 11) is 0. The van der Waals surface area contributed by atoms with Crippen molar-refractivity contribution >= 4 is 0 Å². The Morgan fingerprint density at radius 2 is 1.70 bits per heavy atom. The summed E-state index contributed by atoms with van der Waals surface area (Å²) in [5.41, 5.74) is 0.548. The van der Waals surface area contributed by atoms with Gasteiger partial charge in [-0.25, -0.2) is 0 Å². The maximum absolute atomic E-state index is 2.35. The van der Waals surface area contributed by atoms with Crippen LogP contribution in [0.15, 0.2) is 12.2 Å². The lowest BCUT2D eigenvalue weighted by molar-refractivity contribution is 0.302. The summed E-state index contributed by atoms with van der Waals surface area (Å²) in [4.78, 5) is 0. The van der Waals surface area contributed by atoms with Crippen LogP contribution in [0.5, 0.6) is 0 Å². The van der Waals surface area contributed by atoms with Crippen molar-refractivity contribution in [1.82, 2.24) is 0 Å². The van der Waals surface area contributed by atoms with Crippen molar-refractivity contribution in [2.24, 2.45) is 5.41 Å². The van der Waals surface area contributed by atoms with Gasteiger partial charge in [-0.3, -0.25) is 0 Å². The number of allylic oxidation sites excluding steroid dienone is 2. The van der Waals surface area contributed by atoms with Gasteiger partial charge in [0.15, 0.2) is 0 Å². The fourth-order valence-electron chi connectivity index (χ4n) is 0.941. The average Bonchev–Trinajstić information content (AvgIpc) is 2.00. The maximum atomic E-state index is 2.35. The Kier molecular flexibility index (Phi) is 4.42. The monoisotopic (exact) mass is 140 g/mol. The predicted molar refractivity (Wildman–Crippen MR) is 48.1 cm³/mol. The van der Waals surface area contributed by atoms with Gasteiger partial charge < -0.3 is 0 Å². The van der Waals surface area contributed by atoms with Crippen molar-refractivity contribution in [3.63, 3.8) is 0 Å². The summed E-state index contributed by atoms with van der Waals surface area (Å²) in [6, 6.07) is 0. The van der Waals surface area contributed by atoms with Gasteiger partial charge in [-0.05, 0) is 18.8 Å². The van der Waals surface area contributed by atoms with Crippen LogP contribution < -0.4 is 0 Å². The van der Waals surface area contributed by atoms with E-state index in [-0.39, 0.29) is 0 Å². The van der Waals surface area contributed by atoms with E-state index in [4.69, 9.17) is 0 Å². The Morgan fingerprint density at radius 3 is 2.00 bits per heavy atom. The molecule has 0 rings (SSSR count). The van der Waals surface area contributed by atoms with Crippen molar-refractivity contribution in [1.29, 1.82) is 0 Å². The highest BCUT2D eigenvalue weighted by atomic mass is 14.2. The molecule has 0 bridgehead atoms. The van der Waals surface area contributed by atoms with Crippen molar-refractivity contribution in [2.75, 3.05) is 0 Å². The molecule has 0 aromatic rings. The van der Waals surface area contributed by atoms with Gasteiger partial charge in [0.05, 0.1) is 0 Å². The molecule has 0 aliphatic heterocycles. The maximum Gasteiger partial charge on any atom is -0.0297 e. The van der Waals surface area contributed by atoms with Crippen molar-refractivity contribution in [3.8, 4) is 0 Å². The standard InChI is InChI=1S/C10H20/c1-5-8-9-10(4,6-2)7-3/h5,8H,6-7,9H2,1-4H3. The first-order valence-electron chi connectivity index (χ1n) is 4.29. The highest BCUT2D eigenvalue weighted by molar-refractivity contribution is 4.85. The van der Waals surface area contributed by atoms with Crippen molar-refractivity contribution in [3.05, 3.63) is 12.2 Å². The Labute approximate surface area is 65.3 Å². The fourth-order valence-corrected chi connectivity index (χ4v) is 0.941. The largest absolute Gasteiger partial charge is 0.0916 e. The topological polar surface area (TPSA) is 0 Å². The second-order valence-corrected chi connectivity index (χ2v) is 3.29. The smallest absolute Gasteiger partial charge is 0.0297 e. The third-order valence-electron chi connectivity index (χ3n) is 2.55. The molecule has 0 spiro atoms. The van der Waals surface area contributed by atoms with E-state index in [1.807, 2.05) is 0 Å². The first-order chi connectivity index (χ1) is 4.68. The highest BCUT2D eigenvalue weighted by Crippen LogP contribution is 2.29. The predicted octanol–water partition coefficient (Wildman–Crippen LogP) is 3.78. The van der Waals surface area contributed by atoms with Gasteiger partial charge >= 0.3 is 0 Å². The van der Waals surface area contributed by atoms with Crippen molar-refractivity contribution < 1.29 is 0 Å². The van der Waals surface area contributed by atoms with Crippen LogP contribution in [0, 0.1) is 5.41 Å². The second-order valence-electron chi connectivity index (χ2n) is 3.29. The van der Waals surface area contributed by atoms with Gasteiger partial charge in [0.2, 0.25) is 0 Å². The minimum atomic E-state index is 0.548. The first-order valence-corrected chi connectivity index (χ1v) is 4.29. The lowest BCUT2D eigenvalue weighted by Crippen LogP contribution is -2.11. The minimum absolute atomic E-state index is 0.548. The molecule has 0 N–H and O–H groups in total. The molecule has 0 aromatic heterocycles. The summed E-state index contributed by atoms with van der Waals surface area (Å²) in [5.74, 6) is 0. The van der Waals surface area contributed by atoms with E-state index < -0.39 is 0 Å². The van der Waals surface area contributed by atoms with Gasteiger partial charge in [0, 0.05) is 0 Å². The van der Waals surface area contributed by atoms with Crippen LogP contribution in [-0.2, 0) is 0 Å². The van der Waals surface area contributed by atoms with Crippen LogP contribution in [-0.4, -0.2) is 0 Å². The average molecular weight is 140 g/mol. The molecule has 0 aliphatic rings. The summed E-state index contributed by atoms with van der Waals surface area (Å²) in [5, 5.41) is 0. The molecule has 0 atom stereocenters. The van der Waals surface area contributed by atoms with Crippen LogP contribution in [0.25, 0.3) is 0 Å². The van der Waals surface area contributed by atoms with Gasteiger partial charge in [0.1, 0.15) is 0 Å². The van der Waals surface area contributed by atoms with E-state index >= 15 is 0 Å².